The molecule has 7 nitrogen and oxygen atoms in total. The smallest absolute Gasteiger partial charge is 0.236 e. The Morgan fingerprint density at radius 1 is 0.889 bits per heavy atom. The highest BCUT2D eigenvalue weighted by Crippen LogP contribution is 2.42. The van der Waals surface area contributed by atoms with Gasteiger partial charge in [0.25, 0.3) is 0 Å². The van der Waals surface area contributed by atoms with E-state index in [1.54, 1.807) is 0 Å². The Morgan fingerprint density at radius 2 is 1.48 bits per heavy atom. The first-order valence-corrected chi connectivity index (χ1v) is 10.7. The second-order valence-corrected chi connectivity index (χ2v) is 8.79. The third kappa shape index (κ3) is 4.30. The van der Waals surface area contributed by atoms with Gasteiger partial charge in [0.15, 0.2) is 0 Å². The van der Waals surface area contributed by atoms with Gasteiger partial charge in [0, 0.05) is 51.2 Å². The number of hydrogen-bond donors (Lipinski definition) is 1. The second kappa shape index (κ2) is 8.45. The van der Waals surface area contributed by atoms with Gasteiger partial charge in [-0.1, -0.05) is 6.42 Å². The average molecular weight is 379 g/mol. The first kappa shape index (κ1) is 19.2. The van der Waals surface area contributed by atoms with Gasteiger partial charge >= 0.3 is 0 Å². The van der Waals surface area contributed by atoms with Crippen molar-refractivity contribution in [2.24, 2.45) is 23.5 Å². The summed E-state index contributed by atoms with van der Waals surface area (Å²) in [5.41, 5.74) is 6.37. The van der Waals surface area contributed by atoms with Crippen LogP contribution in [0.5, 0.6) is 0 Å². The summed E-state index contributed by atoms with van der Waals surface area (Å²) in [7, 11) is 0. The van der Waals surface area contributed by atoms with Crippen molar-refractivity contribution in [2.75, 3.05) is 59.0 Å². The molecule has 4 rings (SSSR count). The minimum Gasteiger partial charge on any atom is -0.379 e. The molecule has 2 amide bonds. The lowest BCUT2D eigenvalue weighted by Crippen LogP contribution is -2.55. The van der Waals surface area contributed by atoms with Crippen LogP contribution in [0.25, 0.3) is 0 Å². The fourth-order valence-corrected chi connectivity index (χ4v) is 5.48. The van der Waals surface area contributed by atoms with Crippen molar-refractivity contribution >= 4 is 11.8 Å². The van der Waals surface area contributed by atoms with Gasteiger partial charge in [-0.25, -0.2) is 0 Å². The van der Waals surface area contributed by atoms with Gasteiger partial charge in [-0.05, 0) is 37.5 Å². The van der Waals surface area contributed by atoms with Gasteiger partial charge in [0.1, 0.15) is 0 Å². The molecule has 152 valence electrons. The lowest BCUT2D eigenvalue weighted by atomic mass is 9.65. The molecule has 7 heteroatoms. The van der Waals surface area contributed by atoms with Crippen LogP contribution in [0.4, 0.5) is 0 Å². The fourth-order valence-electron chi connectivity index (χ4n) is 5.48. The summed E-state index contributed by atoms with van der Waals surface area (Å²) < 4.78 is 5.34. The predicted octanol–water partition coefficient (Wildman–Crippen LogP) is 0.143. The van der Waals surface area contributed by atoms with E-state index in [4.69, 9.17) is 10.5 Å². The summed E-state index contributed by atoms with van der Waals surface area (Å²) in [6.07, 6.45) is 5.57. The molecule has 2 N–H and O–H groups in total. The monoisotopic (exact) mass is 378 g/mol. The maximum absolute atomic E-state index is 13.0. The van der Waals surface area contributed by atoms with E-state index < -0.39 is 0 Å². The maximum atomic E-state index is 13.0. The molecule has 0 aromatic heterocycles. The molecule has 2 bridgehead atoms. The van der Waals surface area contributed by atoms with Gasteiger partial charge in [0.05, 0.1) is 19.8 Å². The molecular formula is C20H34N4O3. The van der Waals surface area contributed by atoms with Gasteiger partial charge in [0.2, 0.25) is 11.8 Å². The molecule has 0 aromatic carbocycles. The number of rotatable bonds is 3. The number of nitrogens with zero attached hydrogens (tertiary/aromatic N) is 3. The van der Waals surface area contributed by atoms with E-state index in [1.807, 2.05) is 9.80 Å². The van der Waals surface area contributed by atoms with Crippen molar-refractivity contribution in [3.8, 4) is 0 Å². The SMILES string of the molecule is NC1C2CCCC1CC(C(=O)N1CCN(C(=O)CN3CCOCC3)CC1)C2. The number of morpholine rings is 1. The van der Waals surface area contributed by atoms with Crippen molar-refractivity contribution < 1.29 is 14.3 Å². The summed E-state index contributed by atoms with van der Waals surface area (Å²) in [4.78, 5) is 31.7. The van der Waals surface area contributed by atoms with Gasteiger partial charge < -0.3 is 20.3 Å². The van der Waals surface area contributed by atoms with Crippen LogP contribution in [0.2, 0.25) is 0 Å². The van der Waals surface area contributed by atoms with E-state index >= 15 is 0 Å². The normalized spacial score (nSPS) is 35.1. The standard InChI is InChI=1S/C20H34N4O3/c21-19-15-2-1-3-16(19)13-17(12-15)20(26)24-6-4-23(5-7-24)18(25)14-22-8-10-27-11-9-22/h15-17,19H,1-14,21H2. The maximum Gasteiger partial charge on any atom is 0.236 e. The van der Waals surface area contributed by atoms with E-state index in [0.717, 1.165) is 25.9 Å². The number of amides is 2. The highest BCUT2D eigenvalue weighted by Gasteiger charge is 2.42. The first-order chi connectivity index (χ1) is 13.1. The molecule has 2 aliphatic heterocycles. The van der Waals surface area contributed by atoms with Crippen molar-refractivity contribution in [3.05, 3.63) is 0 Å². The Kier molecular flexibility index (Phi) is 5.99. The van der Waals surface area contributed by atoms with Crippen LogP contribution in [0.3, 0.4) is 0 Å². The van der Waals surface area contributed by atoms with E-state index in [-0.39, 0.29) is 11.8 Å². The number of nitrogens with two attached hydrogens (primary N) is 1. The number of carbonyl (C=O) groups is 2. The van der Waals surface area contributed by atoms with E-state index in [2.05, 4.69) is 4.90 Å². The van der Waals surface area contributed by atoms with Crippen molar-refractivity contribution in [1.82, 2.24) is 14.7 Å². The molecular weight excluding hydrogens is 344 g/mol. The Balaban J connectivity index is 1.25. The van der Waals surface area contributed by atoms with Gasteiger partial charge in [-0.15, -0.1) is 0 Å². The minimum atomic E-state index is 0.149. The Hall–Kier alpha value is -1.18. The predicted molar refractivity (Wildman–Crippen MR) is 102 cm³/mol. The highest BCUT2D eigenvalue weighted by atomic mass is 16.5. The highest BCUT2D eigenvalue weighted by molar-refractivity contribution is 5.81. The van der Waals surface area contributed by atoms with E-state index in [0.29, 0.717) is 69.7 Å². The van der Waals surface area contributed by atoms with Gasteiger partial charge in [-0.3, -0.25) is 14.5 Å². The molecule has 27 heavy (non-hydrogen) atoms. The third-order valence-corrected chi connectivity index (χ3v) is 7.17. The molecule has 2 saturated heterocycles. The quantitative estimate of drug-likeness (QED) is 0.756. The average Bonchev–Trinajstić information content (AvgIpc) is 2.68. The summed E-state index contributed by atoms with van der Waals surface area (Å²) in [5.74, 6) is 1.70. The zero-order chi connectivity index (χ0) is 18.8. The zero-order valence-electron chi connectivity index (χ0n) is 16.4. The fraction of sp³-hybridized carbons (Fsp3) is 0.900. The molecule has 4 aliphatic rings. The lowest BCUT2D eigenvalue weighted by Gasteiger charge is -2.45. The number of ether oxygens (including phenoxy) is 1. The van der Waals surface area contributed by atoms with Crippen LogP contribution >= 0.6 is 0 Å². The van der Waals surface area contributed by atoms with Crippen molar-refractivity contribution in [1.29, 1.82) is 0 Å². The molecule has 0 radical (unpaired) electrons. The van der Waals surface area contributed by atoms with Crippen LogP contribution in [0, 0.1) is 17.8 Å². The summed E-state index contributed by atoms with van der Waals surface area (Å²) in [6, 6.07) is 0.303. The molecule has 2 unspecified atom stereocenters. The van der Waals surface area contributed by atoms with Gasteiger partial charge in [-0.2, -0.15) is 0 Å². The number of hydrogen-bond acceptors (Lipinski definition) is 5. The number of carbonyl (C=O) groups excluding carboxylic acids is 2. The van der Waals surface area contributed by atoms with Crippen molar-refractivity contribution in [2.45, 2.75) is 38.1 Å². The molecule has 2 saturated carbocycles. The molecule has 4 fully saturated rings. The Labute approximate surface area is 162 Å². The topological polar surface area (TPSA) is 79.1 Å². The summed E-state index contributed by atoms with van der Waals surface area (Å²) >= 11 is 0. The number of fused-ring (bicyclic) bond motifs is 2. The molecule has 0 aromatic rings. The van der Waals surface area contributed by atoms with Crippen LogP contribution in [-0.2, 0) is 14.3 Å². The van der Waals surface area contributed by atoms with Crippen molar-refractivity contribution in [3.63, 3.8) is 0 Å². The molecule has 0 spiro atoms. The van der Waals surface area contributed by atoms with Crippen LogP contribution in [0.15, 0.2) is 0 Å². The van der Waals surface area contributed by atoms with Crippen LogP contribution in [0.1, 0.15) is 32.1 Å². The molecule has 2 heterocycles. The molecule has 2 aliphatic carbocycles. The van der Waals surface area contributed by atoms with Crippen LogP contribution in [-0.4, -0.2) is 91.6 Å². The lowest BCUT2D eigenvalue weighted by molar-refractivity contribution is -0.145. The Bertz CT molecular complexity index is 529. The Morgan fingerprint density at radius 3 is 2.11 bits per heavy atom. The van der Waals surface area contributed by atoms with Crippen LogP contribution < -0.4 is 5.73 Å². The second-order valence-electron chi connectivity index (χ2n) is 8.79. The summed E-state index contributed by atoms with van der Waals surface area (Å²) in [6.45, 7) is 6.22. The minimum absolute atomic E-state index is 0.149. The van der Waals surface area contributed by atoms with E-state index in [9.17, 15) is 9.59 Å². The summed E-state index contributed by atoms with van der Waals surface area (Å²) in [5, 5.41) is 0. The first-order valence-electron chi connectivity index (χ1n) is 10.7. The zero-order valence-corrected chi connectivity index (χ0v) is 16.4. The molecule has 2 atom stereocenters. The number of piperazine rings is 1. The third-order valence-electron chi connectivity index (χ3n) is 7.17. The largest absolute Gasteiger partial charge is 0.379 e. The van der Waals surface area contributed by atoms with E-state index in [1.165, 1.54) is 19.3 Å².